The summed E-state index contributed by atoms with van der Waals surface area (Å²) >= 11 is -2.04. The van der Waals surface area contributed by atoms with Crippen LogP contribution in [0, 0.1) is 6.92 Å². The number of aryl methyl sites for hydroxylation is 1. The molecule has 2 N–H and O–H groups in total. The molecule has 0 aliphatic carbocycles. The van der Waals surface area contributed by atoms with E-state index in [9.17, 15) is 8.76 Å². The van der Waals surface area contributed by atoms with Crippen LogP contribution in [0.1, 0.15) is 19.4 Å². The average molecular weight is 462 g/mol. The zero-order valence-electron chi connectivity index (χ0n) is 18.9. The fraction of sp³-hybridized carbons (Fsp3) is 0.280. The summed E-state index contributed by atoms with van der Waals surface area (Å²) in [7, 11) is 0. The third-order valence-electron chi connectivity index (χ3n) is 6.37. The Hall–Kier alpha value is -3.07. The lowest BCUT2D eigenvalue weighted by Crippen LogP contribution is -2.55. The molecular formula is C25H27N5O2S. The predicted octanol–water partition coefficient (Wildman–Crippen LogP) is 4.14. The smallest absolute Gasteiger partial charge is 0.186 e. The van der Waals surface area contributed by atoms with Crippen molar-refractivity contribution < 1.29 is 8.76 Å². The summed E-state index contributed by atoms with van der Waals surface area (Å²) in [5.74, 6) is 0. The maximum absolute atomic E-state index is 11.6. The minimum atomic E-state index is -2.04. The molecule has 3 heterocycles. The second-order valence-corrected chi connectivity index (χ2v) is 9.65. The van der Waals surface area contributed by atoms with E-state index < -0.39 is 11.1 Å². The Labute approximate surface area is 195 Å². The van der Waals surface area contributed by atoms with Crippen LogP contribution in [0.3, 0.4) is 0 Å². The van der Waals surface area contributed by atoms with Crippen LogP contribution in [0.2, 0.25) is 0 Å². The molecule has 1 unspecified atom stereocenters. The molecule has 0 radical (unpaired) electrons. The summed E-state index contributed by atoms with van der Waals surface area (Å²) in [4.78, 5) is 7.54. The highest BCUT2D eigenvalue weighted by Crippen LogP contribution is 2.29. The van der Waals surface area contributed by atoms with Crippen molar-refractivity contribution in [1.82, 2.24) is 19.9 Å². The number of rotatable bonds is 4. The molecule has 1 aliphatic heterocycles. The van der Waals surface area contributed by atoms with E-state index in [-0.39, 0.29) is 0 Å². The molecule has 1 fully saturated rings. The lowest BCUT2D eigenvalue weighted by atomic mass is 10.0. The van der Waals surface area contributed by atoms with Gasteiger partial charge >= 0.3 is 0 Å². The number of fused-ring (bicyclic) bond motifs is 1. The van der Waals surface area contributed by atoms with Gasteiger partial charge in [0.15, 0.2) is 16.7 Å². The van der Waals surface area contributed by atoms with Crippen LogP contribution >= 0.6 is 0 Å². The van der Waals surface area contributed by atoms with Gasteiger partial charge in [-0.1, -0.05) is 24.3 Å². The van der Waals surface area contributed by atoms with Gasteiger partial charge in [-0.05, 0) is 55.7 Å². The monoisotopic (exact) mass is 461 g/mol. The van der Waals surface area contributed by atoms with Gasteiger partial charge in [0.2, 0.25) is 0 Å². The van der Waals surface area contributed by atoms with Crippen molar-refractivity contribution in [3.05, 3.63) is 66.6 Å². The van der Waals surface area contributed by atoms with Gasteiger partial charge in [-0.2, -0.15) is 5.10 Å². The number of hydrogen-bond donors (Lipinski definition) is 2. The molecule has 2 aromatic carbocycles. The minimum Gasteiger partial charge on any atom is -0.364 e. The topological polar surface area (TPSA) is 82.8 Å². The summed E-state index contributed by atoms with van der Waals surface area (Å²) in [5.41, 5.74) is 6.41. The summed E-state index contributed by atoms with van der Waals surface area (Å²) in [6.07, 6.45) is 5.57. The Bertz CT molecular complexity index is 1320. The van der Waals surface area contributed by atoms with Gasteiger partial charge in [0.1, 0.15) is 0 Å². The number of piperazine rings is 1. The number of hydrogen-bond acceptors (Lipinski definition) is 5. The molecule has 170 valence electrons. The molecular weight excluding hydrogens is 434 g/mol. The van der Waals surface area contributed by atoms with E-state index in [1.165, 1.54) is 5.69 Å². The first-order valence-corrected chi connectivity index (χ1v) is 12.2. The van der Waals surface area contributed by atoms with Crippen molar-refractivity contribution >= 4 is 22.4 Å². The van der Waals surface area contributed by atoms with Crippen molar-refractivity contribution in [2.45, 2.75) is 37.8 Å². The van der Waals surface area contributed by atoms with Gasteiger partial charge in [0.25, 0.3) is 0 Å². The Balaban J connectivity index is 1.45. The largest absolute Gasteiger partial charge is 0.364 e. The van der Waals surface area contributed by atoms with Crippen molar-refractivity contribution in [1.29, 1.82) is 0 Å². The van der Waals surface area contributed by atoms with Crippen molar-refractivity contribution in [3.8, 4) is 22.3 Å². The standard InChI is InChI=1S/C25H27N5O2S/c1-16-4-5-20(10-24(16)33(31)32)23-14-28-29-15-21(13-27-25(23)29)19-6-8-22(9-7-19)30-17(2)11-26-12-18(30)3/h4-10,13-15,17-18,26H,11-12H2,1-3H3,(H,31,32)/t17-,18+. The first-order valence-electron chi connectivity index (χ1n) is 11.1. The number of nitrogens with one attached hydrogen (secondary N) is 1. The van der Waals surface area contributed by atoms with Crippen LogP contribution < -0.4 is 10.2 Å². The van der Waals surface area contributed by atoms with Crippen LogP contribution in [0.4, 0.5) is 5.69 Å². The molecule has 7 nitrogen and oxygen atoms in total. The highest BCUT2D eigenvalue weighted by Gasteiger charge is 2.24. The molecule has 1 aliphatic rings. The second-order valence-electron chi connectivity index (χ2n) is 8.71. The van der Waals surface area contributed by atoms with E-state index in [1.807, 2.05) is 31.5 Å². The Morgan fingerprint density at radius 1 is 1.00 bits per heavy atom. The number of benzene rings is 2. The molecule has 0 amide bonds. The Morgan fingerprint density at radius 2 is 1.70 bits per heavy atom. The van der Waals surface area contributed by atoms with Gasteiger partial charge in [0.05, 0.1) is 11.1 Å². The lowest BCUT2D eigenvalue weighted by molar-refractivity contribution is 0.432. The van der Waals surface area contributed by atoms with Crippen LogP contribution in [0.25, 0.3) is 27.9 Å². The first kappa shape index (κ1) is 21.8. The van der Waals surface area contributed by atoms with Gasteiger partial charge in [-0.25, -0.2) is 13.7 Å². The van der Waals surface area contributed by atoms with E-state index in [0.717, 1.165) is 40.9 Å². The van der Waals surface area contributed by atoms with Gasteiger partial charge in [-0.3, -0.25) is 0 Å². The maximum Gasteiger partial charge on any atom is 0.186 e. The molecule has 2 aromatic heterocycles. The molecule has 5 rings (SSSR count). The zero-order valence-corrected chi connectivity index (χ0v) is 19.7. The summed E-state index contributed by atoms with van der Waals surface area (Å²) in [5, 5.41) is 7.97. The first-order chi connectivity index (χ1) is 15.9. The fourth-order valence-corrected chi connectivity index (χ4v) is 5.22. The number of nitrogens with zero attached hydrogens (tertiary/aromatic N) is 4. The van der Waals surface area contributed by atoms with E-state index in [4.69, 9.17) is 0 Å². The summed E-state index contributed by atoms with van der Waals surface area (Å²) in [6.45, 7) is 8.30. The molecule has 3 atom stereocenters. The molecule has 33 heavy (non-hydrogen) atoms. The zero-order chi connectivity index (χ0) is 23.1. The van der Waals surface area contributed by atoms with Crippen LogP contribution in [-0.4, -0.2) is 48.5 Å². The normalized spacial score (nSPS) is 19.7. The van der Waals surface area contributed by atoms with E-state index in [2.05, 4.69) is 58.4 Å². The van der Waals surface area contributed by atoms with Gasteiger partial charge < -0.3 is 14.8 Å². The number of aromatic nitrogens is 3. The molecule has 4 aromatic rings. The van der Waals surface area contributed by atoms with Crippen molar-refractivity contribution in [2.75, 3.05) is 18.0 Å². The van der Waals surface area contributed by atoms with Gasteiger partial charge in [0, 0.05) is 54.4 Å². The Kier molecular flexibility index (Phi) is 5.74. The van der Waals surface area contributed by atoms with Crippen LogP contribution in [0.5, 0.6) is 0 Å². The molecule has 1 saturated heterocycles. The minimum absolute atomic E-state index is 0.400. The van der Waals surface area contributed by atoms with E-state index >= 15 is 0 Å². The van der Waals surface area contributed by atoms with Crippen molar-refractivity contribution in [3.63, 3.8) is 0 Å². The molecule has 8 heteroatoms. The SMILES string of the molecule is Cc1ccc(-c2cnn3cc(-c4ccc(N5[C@H](C)CNC[C@@H]5C)cc4)cnc23)cc1S(=O)O. The Morgan fingerprint density at radius 3 is 2.39 bits per heavy atom. The summed E-state index contributed by atoms with van der Waals surface area (Å²) in [6, 6.07) is 15.0. The van der Waals surface area contributed by atoms with Crippen molar-refractivity contribution in [2.24, 2.45) is 0 Å². The maximum atomic E-state index is 11.6. The third kappa shape index (κ3) is 4.06. The molecule has 0 bridgehead atoms. The lowest BCUT2D eigenvalue weighted by Gasteiger charge is -2.41. The summed E-state index contributed by atoms with van der Waals surface area (Å²) < 4.78 is 23.0. The van der Waals surface area contributed by atoms with Gasteiger partial charge in [-0.15, -0.1) is 0 Å². The highest BCUT2D eigenvalue weighted by atomic mass is 32.2. The predicted molar refractivity (Wildman–Crippen MR) is 132 cm³/mol. The molecule has 0 spiro atoms. The molecule has 0 saturated carbocycles. The third-order valence-corrected chi connectivity index (χ3v) is 7.19. The number of anilines is 1. The van der Waals surface area contributed by atoms with E-state index in [0.29, 0.717) is 22.6 Å². The average Bonchev–Trinajstić information content (AvgIpc) is 3.23. The van der Waals surface area contributed by atoms with E-state index in [1.54, 1.807) is 16.8 Å². The van der Waals surface area contributed by atoms with Crippen LogP contribution in [-0.2, 0) is 11.1 Å². The highest BCUT2D eigenvalue weighted by molar-refractivity contribution is 7.79. The van der Waals surface area contributed by atoms with Crippen LogP contribution in [0.15, 0.2) is 66.0 Å². The quantitative estimate of drug-likeness (QED) is 0.445. The second kappa shape index (κ2) is 8.70. The fourth-order valence-electron chi connectivity index (χ4n) is 4.65.